The van der Waals surface area contributed by atoms with E-state index in [4.69, 9.17) is 9.47 Å². The molecule has 0 saturated carbocycles. The summed E-state index contributed by atoms with van der Waals surface area (Å²) >= 11 is 0. The molecule has 1 aliphatic heterocycles. The molecule has 0 aromatic heterocycles. The predicted molar refractivity (Wildman–Crippen MR) is 141 cm³/mol. The smallest absolute Gasteiger partial charge is 0.408 e. The van der Waals surface area contributed by atoms with Crippen molar-refractivity contribution in [1.29, 1.82) is 0 Å². The Bertz CT molecular complexity index is 950. The summed E-state index contributed by atoms with van der Waals surface area (Å²) < 4.78 is 10.6. The molecule has 2 rings (SSSR count). The fourth-order valence-electron chi connectivity index (χ4n) is 4.11. The van der Waals surface area contributed by atoms with Crippen molar-refractivity contribution in [1.82, 2.24) is 15.5 Å². The SMILES string of the molecule is COc1ccccc1NC(=O)[C@H](C)NC(=O)C1CCN(C(=O)[C@H](CC(C)C)NC(=O)OC(C)(C)C)CC1. The third-order valence-electron chi connectivity index (χ3n) is 5.99. The van der Waals surface area contributed by atoms with Crippen LogP contribution in [0.5, 0.6) is 5.75 Å². The highest BCUT2D eigenvalue weighted by molar-refractivity contribution is 5.98. The number of methoxy groups -OCH3 is 1. The second kappa shape index (κ2) is 13.3. The van der Waals surface area contributed by atoms with E-state index in [1.54, 1.807) is 56.9 Å². The number of hydrogen-bond donors (Lipinski definition) is 3. The maximum atomic E-state index is 13.2. The number of anilines is 1. The van der Waals surface area contributed by atoms with E-state index in [0.717, 1.165) is 0 Å². The van der Waals surface area contributed by atoms with Gasteiger partial charge in [-0.25, -0.2) is 4.79 Å². The number of amides is 4. The normalized spacial score (nSPS) is 15.9. The van der Waals surface area contributed by atoms with Gasteiger partial charge in [0.05, 0.1) is 12.8 Å². The van der Waals surface area contributed by atoms with Gasteiger partial charge in [-0.1, -0.05) is 26.0 Å². The van der Waals surface area contributed by atoms with Crippen molar-refractivity contribution in [3.63, 3.8) is 0 Å². The van der Waals surface area contributed by atoms with Crippen LogP contribution in [-0.2, 0) is 19.1 Å². The van der Waals surface area contributed by atoms with E-state index in [9.17, 15) is 19.2 Å². The first-order valence-electron chi connectivity index (χ1n) is 12.8. The fraction of sp³-hybridized carbons (Fsp3) is 0.630. The van der Waals surface area contributed by atoms with Crippen LogP contribution in [-0.4, -0.2) is 66.6 Å². The van der Waals surface area contributed by atoms with Gasteiger partial charge < -0.3 is 30.3 Å². The van der Waals surface area contributed by atoms with Gasteiger partial charge in [-0.2, -0.15) is 0 Å². The summed E-state index contributed by atoms with van der Waals surface area (Å²) in [4.78, 5) is 52.6. The zero-order chi connectivity index (χ0) is 27.8. The molecular weight excluding hydrogens is 476 g/mol. The number of hydrogen-bond acceptors (Lipinski definition) is 6. The van der Waals surface area contributed by atoms with Crippen molar-refractivity contribution >= 4 is 29.5 Å². The third kappa shape index (κ3) is 9.59. The number of ether oxygens (including phenoxy) is 2. The fourth-order valence-corrected chi connectivity index (χ4v) is 4.11. The number of carbonyl (C=O) groups is 4. The summed E-state index contributed by atoms with van der Waals surface area (Å²) in [5, 5.41) is 8.27. The summed E-state index contributed by atoms with van der Waals surface area (Å²) in [5.41, 5.74) is -0.138. The lowest BCUT2D eigenvalue weighted by Gasteiger charge is -2.34. The number of alkyl carbamates (subject to hydrolysis) is 1. The van der Waals surface area contributed by atoms with Gasteiger partial charge in [-0.15, -0.1) is 0 Å². The number of para-hydroxylation sites is 2. The van der Waals surface area contributed by atoms with E-state index in [1.807, 2.05) is 13.8 Å². The standard InChI is InChI=1S/C27H42N4O6/c1-17(2)16-21(30-26(35)37-27(4,5)6)25(34)31-14-12-19(13-15-31)24(33)28-18(3)23(32)29-20-10-8-9-11-22(20)36-7/h8-11,17-19,21H,12-16H2,1-7H3,(H,28,33)(H,29,32)(H,30,35)/t18-,21-/m0/s1. The largest absolute Gasteiger partial charge is 0.495 e. The monoisotopic (exact) mass is 518 g/mol. The molecule has 1 fully saturated rings. The molecule has 1 heterocycles. The van der Waals surface area contributed by atoms with Gasteiger partial charge >= 0.3 is 6.09 Å². The van der Waals surface area contributed by atoms with Gasteiger partial charge in [-0.3, -0.25) is 14.4 Å². The molecule has 1 saturated heterocycles. The lowest BCUT2D eigenvalue weighted by atomic mass is 9.94. The molecule has 0 aliphatic carbocycles. The minimum absolute atomic E-state index is 0.178. The molecular formula is C27H42N4O6. The molecule has 10 nitrogen and oxygen atoms in total. The van der Waals surface area contributed by atoms with Gasteiger partial charge in [0.15, 0.2) is 0 Å². The Morgan fingerprint density at radius 3 is 2.22 bits per heavy atom. The molecule has 0 radical (unpaired) electrons. The van der Waals surface area contributed by atoms with Crippen LogP contribution >= 0.6 is 0 Å². The van der Waals surface area contributed by atoms with Gasteiger partial charge in [-0.05, 0) is 65.0 Å². The highest BCUT2D eigenvalue weighted by Crippen LogP contribution is 2.23. The van der Waals surface area contributed by atoms with Crippen LogP contribution in [0.25, 0.3) is 0 Å². The topological polar surface area (TPSA) is 126 Å². The summed E-state index contributed by atoms with van der Waals surface area (Å²) in [6.07, 6.45) is 0.802. The van der Waals surface area contributed by atoms with Crippen molar-refractivity contribution in [2.75, 3.05) is 25.5 Å². The van der Waals surface area contributed by atoms with Crippen LogP contribution in [0.2, 0.25) is 0 Å². The Morgan fingerprint density at radius 2 is 1.65 bits per heavy atom. The van der Waals surface area contributed by atoms with E-state index >= 15 is 0 Å². The summed E-state index contributed by atoms with van der Waals surface area (Å²) in [6, 6.07) is 5.61. The van der Waals surface area contributed by atoms with Crippen molar-refractivity contribution in [3.8, 4) is 5.75 Å². The molecule has 0 bridgehead atoms. The maximum absolute atomic E-state index is 13.2. The van der Waals surface area contributed by atoms with Gasteiger partial charge in [0, 0.05) is 19.0 Å². The number of nitrogens with one attached hydrogen (secondary N) is 3. The Labute approximate surface area is 219 Å². The first-order valence-corrected chi connectivity index (χ1v) is 12.8. The van der Waals surface area contributed by atoms with Crippen LogP contribution in [0.3, 0.4) is 0 Å². The zero-order valence-corrected chi connectivity index (χ0v) is 23.1. The second-order valence-electron chi connectivity index (χ2n) is 10.8. The summed E-state index contributed by atoms with van der Waals surface area (Å²) in [6.45, 7) is 11.7. The summed E-state index contributed by atoms with van der Waals surface area (Å²) in [7, 11) is 1.52. The van der Waals surface area contributed by atoms with E-state index < -0.39 is 23.8 Å². The Balaban J connectivity index is 1.89. The number of likely N-dealkylation sites (tertiary alicyclic amines) is 1. The number of rotatable bonds is 9. The second-order valence-corrected chi connectivity index (χ2v) is 10.8. The zero-order valence-electron chi connectivity index (χ0n) is 23.1. The van der Waals surface area contributed by atoms with E-state index in [-0.39, 0.29) is 29.6 Å². The molecule has 0 spiro atoms. The molecule has 1 aromatic carbocycles. The highest BCUT2D eigenvalue weighted by atomic mass is 16.6. The number of carbonyl (C=O) groups excluding carboxylic acids is 4. The van der Waals surface area contributed by atoms with Crippen molar-refractivity contribution in [2.45, 2.75) is 78.5 Å². The maximum Gasteiger partial charge on any atom is 0.408 e. The Hall–Kier alpha value is -3.30. The lowest BCUT2D eigenvalue weighted by molar-refractivity contribution is -0.138. The van der Waals surface area contributed by atoms with Crippen LogP contribution in [0.1, 0.15) is 60.8 Å². The van der Waals surface area contributed by atoms with Crippen molar-refractivity contribution < 1.29 is 28.7 Å². The van der Waals surface area contributed by atoms with Gasteiger partial charge in [0.25, 0.3) is 0 Å². The van der Waals surface area contributed by atoms with Gasteiger partial charge in [0.2, 0.25) is 17.7 Å². The van der Waals surface area contributed by atoms with Crippen molar-refractivity contribution in [3.05, 3.63) is 24.3 Å². The van der Waals surface area contributed by atoms with Crippen LogP contribution in [0.4, 0.5) is 10.5 Å². The minimum atomic E-state index is -0.745. The lowest BCUT2D eigenvalue weighted by Crippen LogP contribution is -2.53. The number of piperidine rings is 1. The molecule has 3 N–H and O–H groups in total. The van der Waals surface area contributed by atoms with Crippen LogP contribution in [0.15, 0.2) is 24.3 Å². The van der Waals surface area contributed by atoms with Crippen LogP contribution in [0, 0.1) is 11.8 Å². The minimum Gasteiger partial charge on any atom is -0.495 e. The first kappa shape index (κ1) is 29.9. The average molecular weight is 519 g/mol. The highest BCUT2D eigenvalue weighted by Gasteiger charge is 2.33. The molecule has 10 heteroatoms. The Morgan fingerprint density at radius 1 is 1.03 bits per heavy atom. The molecule has 1 aromatic rings. The average Bonchev–Trinajstić information content (AvgIpc) is 2.82. The predicted octanol–water partition coefficient (Wildman–Crippen LogP) is 3.32. The molecule has 4 amide bonds. The van der Waals surface area contributed by atoms with Crippen LogP contribution < -0.4 is 20.7 Å². The quantitative estimate of drug-likeness (QED) is 0.460. The molecule has 1 aliphatic rings. The van der Waals surface area contributed by atoms with E-state index in [0.29, 0.717) is 43.8 Å². The van der Waals surface area contributed by atoms with E-state index in [2.05, 4.69) is 16.0 Å². The first-order chi connectivity index (χ1) is 17.3. The molecule has 2 atom stereocenters. The summed E-state index contributed by atoms with van der Waals surface area (Å²) in [5.74, 6) is -0.342. The Kier molecular flexibility index (Phi) is 10.8. The number of benzene rings is 1. The third-order valence-corrected chi connectivity index (χ3v) is 5.99. The number of nitrogens with zero attached hydrogens (tertiary/aromatic N) is 1. The van der Waals surface area contributed by atoms with Gasteiger partial charge in [0.1, 0.15) is 23.4 Å². The molecule has 37 heavy (non-hydrogen) atoms. The molecule has 0 unspecified atom stereocenters. The molecule has 206 valence electrons. The van der Waals surface area contributed by atoms with Crippen molar-refractivity contribution in [2.24, 2.45) is 11.8 Å². The van der Waals surface area contributed by atoms with E-state index in [1.165, 1.54) is 7.11 Å².